The molecule has 6 heteroatoms. The van der Waals surface area contributed by atoms with E-state index in [-0.39, 0.29) is 12.2 Å². The second-order valence-corrected chi connectivity index (χ2v) is 5.16. The molecule has 2 fully saturated rings. The average Bonchev–Trinajstić information content (AvgIpc) is 2.88. The third-order valence-electron chi connectivity index (χ3n) is 3.85. The number of aliphatic carboxylic acids is 1. The molecular formula is C12H21NO5. The van der Waals surface area contributed by atoms with E-state index >= 15 is 0 Å². The number of carboxylic acids is 1. The standard InChI is InChI=1S/C12H21NO5/c1-8-12(16,4-5-17-8)7-13-6-9-2-3-10(18-9)11(14)15/h8-10,13,16H,2-7H2,1H3,(H,14,15). The third kappa shape index (κ3) is 3.00. The van der Waals surface area contributed by atoms with Gasteiger partial charge in [0.1, 0.15) is 5.60 Å². The highest BCUT2D eigenvalue weighted by atomic mass is 16.5. The summed E-state index contributed by atoms with van der Waals surface area (Å²) in [5.74, 6) is -0.894. The molecule has 2 rings (SSSR count). The second kappa shape index (κ2) is 5.52. The Morgan fingerprint density at radius 1 is 1.50 bits per heavy atom. The maximum Gasteiger partial charge on any atom is 0.332 e. The molecule has 0 aromatic carbocycles. The highest BCUT2D eigenvalue weighted by Gasteiger charge is 2.39. The lowest BCUT2D eigenvalue weighted by molar-refractivity contribution is -0.149. The van der Waals surface area contributed by atoms with Gasteiger partial charge in [-0.25, -0.2) is 4.79 Å². The summed E-state index contributed by atoms with van der Waals surface area (Å²) in [6, 6.07) is 0. The minimum Gasteiger partial charge on any atom is -0.479 e. The van der Waals surface area contributed by atoms with Crippen molar-refractivity contribution in [3.05, 3.63) is 0 Å². The van der Waals surface area contributed by atoms with Gasteiger partial charge in [0.15, 0.2) is 6.10 Å². The predicted octanol–water partition coefficient (Wildman–Crippen LogP) is -0.252. The van der Waals surface area contributed by atoms with Crippen LogP contribution in [0.3, 0.4) is 0 Å². The Labute approximate surface area is 106 Å². The van der Waals surface area contributed by atoms with Gasteiger partial charge in [-0.3, -0.25) is 0 Å². The molecule has 104 valence electrons. The first kappa shape index (κ1) is 13.7. The van der Waals surface area contributed by atoms with Gasteiger partial charge in [0, 0.05) is 26.1 Å². The van der Waals surface area contributed by atoms with Gasteiger partial charge >= 0.3 is 5.97 Å². The van der Waals surface area contributed by atoms with E-state index < -0.39 is 17.7 Å². The summed E-state index contributed by atoms with van der Waals surface area (Å²) < 4.78 is 10.7. The smallest absolute Gasteiger partial charge is 0.332 e. The van der Waals surface area contributed by atoms with Crippen molar-refractivity contribution in [3.63, 3.8) is 0 Å². The van der Waals surface area contributed by atoms with Gasteiger partial charge in [-0.1, -0.05) is 0 Å². The maximum absolute atomic E-state index is 10.7. The normalized spacial score (nSPS) is 40.2. The van der Waals surface area contributed by atoms with Crippen LogP contribution in [0.25, 0.3) is 0 Å². The highest BCUT2D eigenvalue weighted by molar-refractivity contribution is 5.72. The minimum atomic E-state index is -0.894. The first-order valence-corrected chi connectivity index (χ1v) is 6.44. The Morgan fingerprint density at radius 2 is 2.28 bits per heavy atom. The van der Waals surface area contributed by atoms with E-state index in [0.29, 0.717) is 32.5 Å². The predicted molar refractivity (Wildman–Crippen MR) is 63.4 cm³/mol. The Morgan fingerprint density at radius 3 is 2.83 bits per heavy atom. The largest absolute Gasteiger partial charge is 0.479 e. The average molecular weight is 259 g/mol. The quantitative estimate of drug-likeness (QED) is 0.631. The molecule has 2 heterocycles. The molecule has 2 aliphatic heterocycles. The molecule has 6 nitrogen and oxygen atoms in total. The lowest BCUT2D eigenvalue weighted by atomic mass is 9.96. The molecule has 4 atom stereocenters. The van der Waals surface area contributed by atoms with Gasteiger partial charge in [0.25, 0.3) is 0 Å². The van der Waals surface area contributed by atoms with Crippen LogP contribution >= 0.6 is 0 Å². The summed E-state index contributed by atoms with van der Waals surface area (Å²) in [5.41, 5.74) is -0.815. The van der Waals surface area contributed by atoms with Crippen molar-refractivity contribution in [1.29, 1.82) is 0 Å². The van der Waals surface area contributed by atoms with Gasteiger partial charge < -0.3 is 25.0 Å². The summed E-state index contributed by atoms with van der Waals surface area (Å²) in [4.78, 5) is 10.7. The Balaban J connectivity index is 1.69. The number of rotatable bonds is 5. The molecular weight excluding hydrogens is 238 g/mol. The zero-order chi connectivity index (χ0) is 13.2. The lowest BCUT2D eigenvalue weighted by Crippen LogP contribution is -2.47. The van der Waals surface area contributed by atoms with Crippen LogP contribution in [0.2, 0.25) is 0 Å². The SMILES string of the molecule is CC1OCCC1(O)CNCC1CCC(C(=O)O)O1. The van der Waals surface area contributed by atoms with Crippen LogP contribution < -0.4 is 5.32 Å². The number of hydrogen-bond donors (Lipinski definition) is 3. The molecule has 0 aliphatic carbocycles. The number of hydrogen-bond acceptors (Lipinski definition) is 5. The number of nitrogens with one attached hydrogen (secondary N) is 1. The van der Waals surface area contributed by atoms with Crippen molar-refractivity contribution >= 4 is 5.97 Å². The van der Waals surface area contributed by atoms with Crippen LogP contribution in [0.4, 0.5) is 0 Å². The zero-order valence-electron chi connectivity index (χ0n) is 10.6. The lowest BCUT2D eigenvalue weighted by Gasteiger charge is -2.27. The van der Waals surface area contributed by atoms with E-state index in [1.54, 1.807) is 0 Å². The Kier molecular flexibility index (Phi) is 4.21. The fourth-order valence-corrected chi connectivity index (χ4v) is 2.49. The monoisotopic (exact) mass is 259 g/mol. The minimum absolute atomic E-state index is 0.0765. The molecule has 0 amide bonds. The molecule has 0 aromatic heterocycles. The first-order valence-electron chi connectivity index (χ1n) is 6.44. The van der Waals surface area contributed by atoms with E-state index in [2.05, 4.69) is 5.32 Å². The van der Waals surface area contributed by atoms with Gasteiger partial charge in [-0.2, -0.15) is 0 Å². The summed E-state index contributed by atoms with van der Waals surface area (Å²) >= 11 is 0. The third-order valence-corrected chi connectivity index (χ3v) is 3.85. The Hall–Kier alpha value is -0.690. The van der Waals surface area contributed by atoms with E-state index in [1.165, 1.54) is 0 Å². The molecule has 2 saturated heterocycles. The van der Waals surface area contributed by atoms with Gasteiger partial charge in [0.05, 0.1) is 12.2 Å². The highest BCUT2D eigenvalue weighted by Crippen LogP contribution is 2.25. The van der Waals surface area contributed by atoms with Crippen LogP contribution in [-0.4, -0.2) is 59.8 Å². The van der Waals surface area contributed by atoms with Crippen molar-refractivity contribution in [2.75, 3.05) is 19.7 Å². The van der Waals surface area contributed by atoms with Crippen molar-refractivity contribution < 1.29 is 24.5 Å². The van der Waals surface area contributed by atoms with Crippen LogP contribution in [0, 0.1) is 0 Å². The second-order valence-electron chi connectivity index (χ2n) is 5.16. The molecule has 3 N–H and O–H groups in total. The summed E-state index contributed by atoms with van der Waals surface area (Å²) in [7, 11) is 0. The van der Waals surface area contributed by atoms with E-state index in [9.17, 15) is 9.90 Å². The van der Waals surface area contributed by atoms with Crippen molar-refractivity contribution in [2.24, 2.45) is 0 Å². The molecule has 0 radical (unpaired) electrons. The van der Waals surface area contributed by atoms with Crippen LogP contribution in [0.15, 0.2) is 0 Å². The van der Waals surface area contributed by atoms with Crippen molar-refractivity contribution in [3.8, 4) is 0 Å². The summed E-state index contributed by atoms with van der Waals surface area (Å²) in [6.07, 6.45) is 1.02. The molecule has 0 saturated carbocycles. The number of aliphatic hydroxyl groups is 1. The van der Waals surface area contributed by atoms with Crippen LogP contribution in [-0.2, 0) is 14.3 Å². The number of carboxylic acid groups (broad SMARTS) is 1. The molecule has 4 unspecified atom stereocenters. The maximum atomic E-state index is 10.7. The van der Waals surface area contributed by atoms with Crippen molar-refractivity contribution in [1.82, 2.24) is 5.32 Å². The number of ether oxygens (including phenoxy) is 2. The first-order chi connectivity index (χ1) is 8.51. The molecule has 18 heavy (non-hydrogen) atoms. The van der Waals surface area contributed by atoms with Crippen LogP contribution in [0.5, 0.6) is 0 Å². The fraction of sp³-hybridized carbons (Fsp3) is 0.917. The fourth-order valence-electron chi connectivity index (χ4n) is 2.49. The summed E-state index contributed by atoms with van der Waals surface area (Å²) in [6.45, 7) is 3.46. The summed E-state index contributed by atoms with van der Waals surface area (Å²) in [5, 5.41) is 22.2. The topological polar surface area (TPSA) is 88.0 Å². The molecule has 0 aromatic rings. The van der Waals surface area contributed by atoms with E-state index in [1.807, 2.05) is 6.92 Å². The molecule has 2 aliphatic rings. The van der Waals surface area contributed by atoms with Gasteiger partial charge in [-0.05, 0) is 19.8 Å². The number of carbonyl (C=O) groups is 1. The van der Waals surface area contributed by atoms with Crippen LogP contribution in [0.1, 0.15) is 26.2 Å². The molecule has 0 spiro atoms. The molecule has 0 bridgehead atoms. The van der Waals surface area contributed by atoms with Gasteiger partial charge in [-0.15, -0.1) is 0 Å². The zero-order valence-corrected chi connectivity index (χ0v) is 10.6. The Bertz CT molecular complexity index is 311. The van der Waals surface area contributed by atoms with E-state index in [4.69, 9.17) is 14.6 Å². The van der Waals surface area contributed by atoms with Gasteiger partial charge in [0.2, 0.25) is 0 Å². The van der Waals surface area contributed by atoms with Crippen molar-refractivity contribution in [2.45, 2.75) is 50.1 Å². The van der Waals surface area contributed by atoms with E-state index in [0.717, 1.165) is 6.42 Å².